The van der Waals surface area contributed by atoms with Gasteiger partial charge in [0.1, 0.15) is 0 Å². The molecule has 0 saturated heterocycles. The summed E-state index contributed by atoms with van der Waals surface area (Å²) in [6.07, 6.45) is 3.78. The molecule has 102 valence electrons. The molecule has 0 fully saturated rings. The smallest absolute Gasteiger partial charge is 0.330 e. The first-order valence-corrected chi connectivity index (χ1v) is 5.82. The Morgan fingerprint density at radius 1 is 1.42 bits per heavy atom. The van der Waals surface area contributed by atoms with Crippen LogP contribution in [0, 0.1) is 13.8 Å². The van der Waals surface area contributed by atoms with Crippen LogP contribution in [0.3, 0.4) is 0 Å². The lowest BCUT2D eigenvalue weighted by Gasteiger charge is -2.10. The van der Waals surface area contributed by atoms with Crippen LogP contribution in [-0.2, 0) is 16.0 Å². The van der Waals surface area contributed by atoms with Gasteiger partial charge in [-0.15, -0.1) is 0 Å². The second-order valence-corrected chi connectivity index (χ2v) is 4.20. The first-order valence-electron chi connectivity index (χ1n) is 5.82. The number of benzene rings is 1. The average Bonchev–Trinajstić information content (AvgIpc) is 2.40. The van der Waals surface area contributed by atoms with Crippen LogP contribution in [0.4, 0.5) is 0 Å². The molecule has 0 heterocycles. The van der Waals surface area contributed by atoms with Gasteiger partial charge < -0.3 is 15.7 Å². The normalized spacial score (nSPS) is 11.8. The highest BCUT2D eigenvalue weighted by Crippen LogP contribution is 2.17. The van der Waals surface area contributed by atoms with E-state index in [0.717, 1.165) is 16.7 Å². The fraction of sp³-hybridized carbons (Fsp3) is 0.286. The number of hydrogen-bond acceptors (Lipinski definition) is 4. The first kappa shape index (κ1) is 14.8. The van der Waals surface area contributed by atoms with E-state index in [2.05, 4.69) is 9.89 Å². The van der Waals surface area contributed by atoms with Crippen molar-refractivity contribution < 1.29 is 14.7 Å². The second kappa shape index (κ2) is 6.58. The summed E-state index contributed by atoms with van der Waals surface area (Å²) in [5.74, 6) is -0.286. The number of ether oxygens (including phenoxy) is 1. The highest BCUT2D eigenvalue weighted by atomic mass is 16.5. The lowest BCUT2D eigenvalue weighted by Crippen LogP contribution is -2.14. The summed E-state index contributed by atoms with van der Waals surface area (Å²) < 4.78 is 4.53. The number of oxime groups is 1. The predicted molar refractivity (Wildman–Crippen MR) is 73.3 cm³/mol. The Morgan fingerprint density at radius 2 is 2.00 bits per heavy atom. The number of amidine groups is 1. The number of aryl methyl sites for hydroxylation is 2. The Labute approximate surface area is 112 Å². The summed E-state index contributed by atoms with van der Waals surface area (Å²) in [7, 11) is 1.34. The Balaban J connectivity index is 2.98. The lowest BCUT2D eigenvalue weighted by molar-refractivity contribution is -0.134. The number of hydrogen-bond donors (Lipinski definition) is 2. The summed E-state index contributed by atoms with van der Waals surface area (Å²) >= 11 is 0. The molecule has 0 aromatic heterocycles. The number of nitrogens with zero attached hydrogens (tertiary/aromatic N) is 1. The van der Waals surface area contributed by atoms with Gasteiger partial charge >= 0.3 is 5.97 Å². The number of carbonyl (C=O) groups excluding carboxylic acids is 1. The van der Waals surface area contributed by atoms with Crippen molar-refractivity contribution in [1.29, 1.82) is 0 Å². The van der Waals surface area contributed by atoms with E-state index in [-0.39, 0.29) is 11.8 Å². The van der Waals surface area contributed by atoms with Crippen molar-refractivity contribution in [3.8, 4) is 0 Å². The SMILES string of the molecule is COC(=O)/C=C/Cc1c(C)cc(/C(N)=N/O)cc1C. The van der Waals surface area contributed by atoms with Crippen molar-refractivity contribution >= 4 is 11.8 Å². The molecule has 0 aliphatic heterocycles. The Morgan fingerprint density at radius 3 is 2.47 bits per heavy atom. The van der Waals surface area contributed by atoms with Crippen molar-refractivity contribution in [3.63, 3.8) is 0 Å². The van der Waals surface area contributed by atoms with Crippen LogP contribution in [0.25, 0.3) is 0 Å². The molecule has 1 aromatic rings. The van der Waals surface area contributed by atoms with Gasteiger partial charge in [-0.2, -0.15) is 0 Å². The number of allylic oxidation sites excluding steroid dienone is 1. The Kier molecular flexibility index (Phi) is 5.11. The van der Waals surface area contributed by atoms with Gasteiger partial charge in [0.2, 0.25) is 0 Å². The zero-order valence-corrected chi connectivity index (χ0v) is 11.3. The molecule has 0 atom stereocenters. The third kappa shape index (κ3) is 3.84. The minimum atomic E-state index is -0.372. The van der Waals surface area contributed by atoms with E-state index in [9.17, 15) is 4.79 Å². The number of esters is 1. The molecule has 0 aliphatic carbocycles. The molecular weight excluding hydrogens is 244 g/mol. The monoisotopic (exact) mass is 262 g/mol. The van der Waals surface area contributed by atoms with Crippen LogP contribution in [0.1, 0.15) is 22.3 Å². The van der Waals surface area contributed by atoms with Crippen molar-refractivity contribution in [2.24, 2.45) is 10.9 Å². The molecule has 0 amide bonds. The quantitative estimate of drug-likeness (QED) is 0.216. The van der Waals surface area contributed by atoms with Gasteiger partial charge in [0.15, 0.2) is 5.84 Å². The van der Waals surface area contributed by atoms with Gasteiger partial charge in [-0.25, -0.2) is 4.79 Å². The molecule has 0 saturated carbocycles. The number of rotatable bonds is 4. The van der Waals surface area contributed by atoms with E-state index in [1.807, 2.05) is 26.0 Å². The topological polar surface area (TPSA) is 84.9 Å². The van der Waals surface area contributed by atoms with E-state index in [4.69, 9.17) is 10.9 Å². The minimum absolute atomic E-state index is 0.0860. The van der Waals surface area contributed by atoms with Gasteiger partial charge in [0, 0.05) is 11.6 Å². The maximum Gasteiger partial charge on any atom is 0.330 e. The van der Waals surface area contributed by atoms with E-state index in [0.29, 0.717) is 12.0 Å². The van der Waals surface area contributed by atoms with Crippen LogP contribution >= 0.6 is 0 Å². The zero-order chi connectivity index (χ0) is 14.4. The van der Waals surface area contributed by atoms with Crippen molar-refractivity contribution in [2.75, 3.05) is 7.11 Å². The fourth-order valence-electron chi connectivity index (χ4n) is 1.86. The van der Waals surface area contributed by atoms with E-state index < -0.39 is 0 Å². The maximum atomic E-state index is 11.0. The maximum absolute atomic E-state index is 11.0. The third-order valence-corrected chi connectivity index (χ3v) is 2.88. The molecule has 3 N–H and O–H groups in total. The standard InChI is InChI=1S/C14H18N2O3/c1-9-7-11(14(15)16-18)8-10(2)12(9)5-4-6-13(17)19-3/h4,6-8,18H,5H2,1-3H3,(H2,15,16)/b6-4+. The van der Waals surface area contributed by atoms with Gasteiger partial charge in [0.25, 0.3) is 0 Å². The molecule has 1 aromatic carbocycles. The van der Waals surface area contributed by atoms with E-state index >= 15 is 0 Å². The molecule has 1 rings (SSSR count). The number of nitrogens with two attached hydrogens (primary N) is 1. The molecule has 19 heavy (non-hydrogen) atoms. The summed E-state index contributed by atoms with van der Waals surface area (Å²) in [6, 6.07) is 3.70. The van der Waals surface area contributed by atoms with Crippen LogP contribution in [0.15, 0.2) is 29.4 Å². The average molecular weight is 262 g/mol. The number of methoxy groups -OCH3 is 1. The molecule has 0 radical (unpaired) electrons. The highest BCUT2D eigenvalue weighted by Gasteiger charge is 2.07. The van der Waals surface area contributed by atoms with Crippen LogP contribution in [0.2, 0.25) is 0 Å². The summed E-state index contributed by atoms with van der Waals surface area (Å²) in [6.45, 7) is 3.89. The molecule has 0 aliphatic rings. The van der Waals surface area contributed by atoms with Crippen molar-refractivity contribution in [2.45, 2.75) is 20.3 Å². The van der Waals surface area contributed by atoms with Crippen LogP contribution in [-0.4, -0.2) is 24.1 Å². The van der Waals surface area contributed by atoms with Crippen molar-refractivity contribution in [1.82, 2.24) is 0 Å². The number of carbonyl (C=O) groups is 1. The summed E-state index contributed by atoms with van der Waals surface area (Å²) in [5.41, 5.74) is 9.40. The minimum Gasteiger partial charge on any atom is -0.466 e. The second-order valence-electron chi connectivity index (χ2n) is 4.20. The lowest BCUT2D eigenvalue weighted by atomic mass is 9.96. The predicted octanol–water partition coefficient (Wildman–Crippen LogP) is 1.67. The third-order valence-electron chi connectivity index (χ3n) is 2.88. The molecule has 5 nitrogen and oxygen atoms in total. The van der Waals surface area contributed by atoms with Gasteiger partial charge in [0.05, 0.1) is 7.11 Å². The Hall–Kier alpha value is -2.30. The largest absolute Gasteiger partial charge is 0.466 e. The Bertz CT molecular complexity index is 510. The fourth-order valence-corrected chi connectivity index (χ4v) is 1.86. The molecular formula is C14H18N2O3. The first-order chi connectivity index (χ1) is 8.99. The highest BCUT2D eigenvalue weighted by molar-refractivity contribution is 5.97. The molecule has 0 bridgehead atoms. The van der Waals surface area contributed by atoms with Gasteiger partial charge in [-0.1, -0.05) is 11.2 Å². The molecule has 0 spiro atoms. The van der Waals surface area contributed by atoms with E-state index in [1.54, 1.807) is 6.08 Å². The van der Waals surface area contributed by atoms with E-state index in [1.165, 1.54) is 13.2 Å². The molecule has 5 heteroatoms. The molecule has 0 unspecified atom stereocenters. The van der Waals surface area contributed by atoms with Crippen LogP contribution in [0.5, 0.6) is 0 Å². The zero-order valence-electron chi connectivity index (χ0n) is 11.3. The summed E-state index contributed by atoms with van der Waals surface area (Å²) in [4.78, 5) is 11.0. The summed E-state index contributed by atoms with van der Waals surface area (Å²) in [5, 5.41) is 11.7. The van der Waals surface area contributed by atoms with Crippen LogP contribution < -0.4 is 5.73 Å². The van der Waals surface area contributed by atoms with Crippen molar-refractivity contribution in [3.05, 3.63) is 46.5 Å². The van der Waals surface area contributed by atoms with Gasteiger partial charge in [-0.3, -0.25) is 0 Å². The van der Waals surface area contributed by atoms with Gasteiger partial charge in [-0.05, 0) is 49.1 Å².